The van der Waals surface area contributed by atoms with E-state index in [0.29, 0.717) is 13.0 Å². The van der Waals surface area contributed by atoms with Gasteiger partial charge in [0, 0.05) is 19.9 Å². The predicted octanol–water partition coefficient (Wildman–Crippen LogP) is 0.850. The third-order valence-electron chi connectivity index (χ3n) is 1.62. The van der Waals surface area contributed by atoms with Crippen LogP contribution in [0.25, 0.3) is 0 Å². The third-order valence-corrected chi connectivity index (χ3v) is 2.30. The van der Waals surface area contributed by atoms with Crippen LogP contribution in [0.3, 0.4) is 0 Å². The first-order chi connectivity index (χ1) is 5.61. The molecule has 0 aliphatic carbocycles. The predicted molar refractivity (Wildman–Crippen MR) is 45.4 cm³/mol. The number of carbonyl (C=O) groups excluding carboxylic acids is 2. The van der Waals surface area contributed by atoms with E-state index in [1.54, 1.807) is 0 Å². The summed E-state index contributed by atoms with van der Waals surface area (Å²) in [4.78, 5) is 23.1. The van der Waals surface area contributed by atoms with Gasteiger partial charge in [0.1, 0.15) is 0 Å². The molecule has 68 valence electrons. The molecule has 0 aromatic heterocycles. The molecule has 1 aliphatic rings. The molecular formula is C7H10BrNO3. The monoisotopic (exact) mass is 235 g/mol. The number of amides is 1. The summed E-state index contributed by atoms with van der Waals surface area (Å²) < 4.78 is 4.79. The molecule has 1 heterocycles. The fourth-order valence-corrected chi connectivity index (χ4v) is 1.78. The summed E-state index contributed by atoms with van der Waals surface area (Å²) in [7, 11) is 0. The van der Waals surface area contributed by atoms with Crippen LogP contribution in [-0.2, 0) is 14.3 Å². The maximum absolute atomic E-state index is 11.1. The molecule has 0 radical (unpaired) electrons. The van der Waals surface area contributed by atoms with Gasteiger partial charge in [0.05, 0.1) is 0 Å². The number of carbonyl (C=O) groups is 2. The van der Waals surface area contributed by atoms with Gasteiger partial charge in [-0.3, -0.25) is 14.5 Å². The highest BCUT2D eigenvalue weighted by Crippen LogP contribution is 2.18. The van der Waals surface area contributed by atoms with E-state index >= 15 is 0 Å². The normalized spacial score (nSPS) is 19.5. The third kappa shape index (κ3) is 2.20. The van der Waals surface area contributed by atoms with Crippen molar-refractivity contribution < 1.29 is 14.3 Å². The first-order valence-corrected chi connectivity index (χ1v) is 4.63. The minimum absolute atomic E-state index is 0.0260. The standard InChI is InChI=1S/C7H10BrNO3/c1-5(10)12-7(8)9-4-2-3-6(9)11/h7H,2-4H2,1H3. The van der Waals surface area contributed by atoms with Crippen molar-refractivity contribution in [1.29, 1.82) is 0 Å². The topological polar surface area (TPSA) is 46.6 Å². The fourth-order valence-electron chi connectivity index (χ4n) is 1.08. The number of hydrogen-bond donors (Lipinski definition) is 0. The Morgan fingerprint density at radius 3 is 2.83 bits per heavy atom. The van der Waals surface area contributed by atoms with Crippen LogP contribution in [0.5, 0.6) is 0 Å². The summed E-state index contributed by atoms with van der Waals surface area (Å²) in [5.41, 5.74) is 0. The Bertz CT molecular complexity index is 207. The van der Waals surface area contributed by atoms with Gasteiger partial charge in [-0.05, 0) is 22.4 Å². The molecule has 1 atom stereocenters. The second kappa shape index (κ2) is 3.89. The largest absolute Gasteiger partial charge is 0.431 e. The van der Waals surface area contributed by atoms with Gasteiger partial charge < -0.3 is 4.74 Å². The van der Waals surface area contributed by atoms with E-state index < -0.39 is 11.1 Å². The van der Waals surface area contributed by atoms with Crippen molar-refractivity contribution in [2.75, 3.05) is 6.54 Å². The van der Waals surface area contributed by atoms with Crippen LogP contribution in [0, 0.1) is 0 Å². The highest BCUT2D eigenvalue weighted by Gasteiger charge is 2.27. The fraction of sp³-hybridized carbons (Fsp3) is 0.714. The quantitative estimate of drug-likeness (QED) is 0.405. The van der Waals surface area contributed by atoms with Gasteiger partial charge in [-0.1, -0.05) is 0 Å². The summed E-state index contributed by atoms with van der Waals surface area (Å²) in [6.45, 7) is 1.97. The Morgan fingerprint density at radius 2 is 2.42 bits per heavy atom. The smallest absolute Gasteiger partial charge is 0.305 e. The Morgan fingerprint density at radius 1 is 1.75 bits per heavy atom. The Labute approximate surface area is 79.0 Å². The van der Waals surface area contributed by atoms with Crippen molar-refractivity contribution >= 4 is 27.8 Å². The zero-order valence-electron chi connectivity index (χ0n) is 6.75. The molecule has 1 saturated heterocycles. The van der Waals surface area contributed by atoms with E-state index in [1.165, 1.54) is 11.8 Å². The molecule has 12 heavy (non-hydrogen) atoms. The molecule has 1 rings (SSSR count). The van der Waals surface area contributed by atoms with Crippen molar-refractivity contribution in [2.24, 2.45) is 0 Å². The first-order valence-electron chi connectivity index (χ1n) is 3.72. The molecule has 1 unspecified atom stereocenters. The Balaban J connectivity index is 2.45. The second-order valence-corrected chi connectivity index (χ2v) is 3.38. The van der Waals surface area contributed by atoms with E-state index in [1.807, 2.05) is 0 Å². The molecule has 0 saturated carbocycles. The molecule has 5 heteroatoms. The Hall–Kier alpha value is -0.580. The minimum Gasteiger partial charge on any atom is -0.431 e. The molecule has 4 nitrogen and oxygen atoms in total. The first kappa shape index (κ1) is 9.51. The molecule has 1 fully saturated rings. The van der Waals surface area contributed by atoms with Gasteiger partial charge in [0.15, 0.2) is 0 Å². The maximum Gasteiger partial charge on any atom is 0.305 e. The van der Waals surface area contributed by atoms with E-state index in [4.69, 9.17) is 4.74 Å². The van der Waals surface area contributed by atoms with E-state index in [9.17, 15) is 9.59 Å². The lowest BCUT2D eigenvalue weighted by Crippen LogP contribution is -2.34. The highest BCUT2D eigenvalue weighted by atomic mass is 79.9. The minimum atomic E-state index is -0.593. The summed E-state index contributed by atoms with van der Waals surface area (Å²) >= 11 is 3.11. The lowest BCUT2D eigenvalue weighted by molar-refractivity contribution is -0.151. The van der Waals surface area contributed by atoms with Gasteiger partial charge in [0.2, 0.25) is 11.0 Å². The molecular weight excluding hydrogens is 226 g/mol. The lowest BCUT2D eigenvalue weighted by Gasteiger charge is -2.21. The van der Waals surface area contributed by atoms with Crippen molar-refractivity contribution in [3.8, 4) is 0 Å². The SMILES string of the molecule is CC(=O)OC(Br)N1CCCC1=O. The maximum atomic E-state index is 11.1. The number of rotatable bonds is 2. The van der Waals surface area contributed by atoms with Crippen molar-refractivity contribution in [3.05, 3.63) is 0 Å². The van der Waals surface area contributed by atoms with Gasteiger partial charge in [0.25, 0.3) is 0 Å². The van der Waals surface area contributed by atoms with Gasteiger partial charge >= 0.3 is 5.97 Å². The van der Waals surface area contributed by atoms with E-state index in [0.717, 1.165) is 6.42 Å². The van der Waals surface area contributed by atoms with Crippen LogP contribution in [0.4, 0.5) is 0 Å². The number of ether oxygens (including phenoxy) is 1. The average Bonchev–Trinajstić information content (AvgIpc) is 2.33. The summed E-state index contributed by atoms with van der Waals surface area (Å²) in [5, 5.41) is -0.593. The molecule has 0 N–H and O–H groups in total. The number of likely N-dealkylation sites (tertiary alicyclic amines) is 1. The highest BCUT2D eigenvalue weighted by molar-refractivity contribution is 9.09. The van der Waals surface area contributed by atoms with Crippen LogP contribution in [0.15, 0.2) is 0 Å². The van der Waals surface area contributed by atoms with Crippen LogP contribution in [-0.4, -0.2) is 28.5 Å². The molecule has 1 amide bonds. The number of esters is 1. The average molecular weight is 236 g/mol. The number of nitrogens with zero attached hydrogens (tertiary/aromatic N) is 1. The second-order valence-electron chi connectivity index (χ2n) is 2.59. The van der Waals surface area contributed by atoms with Gasteiger partial charge in [-0.15, -0.1) is 0 Å². The Kier molecular flexibility index (Phi) is 3.08. The molecule has 1 aliphatic heterocycles. The van der Waals surface area contributed by atoms with Crippen LogP contribution in [0.1, 0.15) is 19.8 Å². The summed E-state index contributed by atoms with van der Waals surface area (Å²) in [6, 6.07) is 0. The molecule has 0 aromatic carbocycles. The van der Waals surface area contributed by atoms with Crippen LogP contribution < -0.4 is 0 Å². The van der Waals surface area contributed by atoms with E-state index in [-0.39, 0.29) is 5.91 Å². The van der Waals surface area contributed by atoms with Gasteiger partial charge in [-0.2, -0.15) is 0 Å². The molecule has 0 aromatic rings. The van der Waals surface area contributed by atoms with Crippen molar-refractivity contribution in [1.82, 2.24) is 4.90 Å². The summed E-state index contributed by atoms with van der Waals surface area (Å²) in [5.74, 6) is -0.366. The van der Waals surface area contributed by atoms with Crippen molar-refractivity contribution in [2.45, 2.75) is 24.9 Å². The lowest BCUT2D eigenvalue weighted by atomic mass is 10.4. The zero-order valence-corrected chi connectivity index (χ0v) is 8.33. The van der Waals surface area contributed by atoms with Gasteiger partial charge in [-0.25, -0.2) is 0 Å². The molecule has 0 spiro atoms. The number of halogens is 1. The zero-order chi connectivity index (χ0) is 9.14. The number of alkyl halides is 1. The summed E-state index contributed by atoms with van der Waals surface area (Å²) in [6.07, 6.45) is 1.38. The number of hydrogen-bond acceptors (Lipinski definition) is 3. The van der Waals surface area contributed by atoms with Crippen LogP contribution in [0.2, 0.25) is 0 Å². The van der Waals surface area contributed by atoms with E-state index in [2.05, 4.69) is 15.9 Å². The molecule has 0 bridgehead atoms. The van der Waals surface area contributed by atoms with Crippen LogP contribution >= 0.6 is 15.9 Å². The van der Waals surface area contributed by atoms with Crippen molar-refractivity contribution in [3.63, 3.8) is 0 Å².